The Bertz CT molecular complexity index is 1210. The minimum absolute atomic E-state index is 0.238. The van der Waals surface area contributed by atoms with Crippen LogP contribution in [0.15, 0.2) is 71.1 Å². The molecule has 0 aliphatic heterocycles. The Morgan fingerprint density at radius 1 is 1.03 bits per heavy atom. The van der Waals surface area contributed by atoms with Crippen LogP contribution in [0.3, 0.4) is 0 Å². The number of amides is 1. The third kappa shape index (κ3) is 4.39. The van der Waals surface area contributed by atoms with Crippen LogP contribution in [0.25, 0.3) is 22.6 Å². The van der Waals surface area contributed by atoms with Gasteiger partial charge in [0.05, 0.1) is 0 Å². The van der Waals surface area contributed by atoms with Crippen molar-refractivity contribution in [2.24, 2.45) is 0 Å². The molecule has 0 bridgehead atoms. The number of nitrogens with zero attached hydrogens (tertiary/aromatic N) is 1. The summed E-state index contributed by atoms with van der Waals surface area (Å²) >= 11 is 5.26. The van der Waals surface area contributed by atoms with Gasteiger partial charge in [0.1, 0.15) is 5.52 Å². The Kier molecular flexibility index (Phi) is 5.59. The Balaban J connectivity index is 1.42. The molecule has 0 fully saturated rings. The van der Waals surface area contributed by atoms with E-state index in [1.807, 2.05) is 55.5 Å². The molecule has 1 aromatic heterocycles. The van der Waals surface area contributed by atoms with Crippen LogP contribution in [-0.4, -0.2) is 16.0 Å². The molecule has 3 aromatic carbocycles. The fourth-order valence-corrected chi connectivity index (χ4v) is 3.27. The summed E-state index contributed by atoms with van der Waals surface area (Å²) in [6.07, 6.45) is 0.957. The summed E-state index contributed by atoms with van der Waals surface area (Å²) in [5.74, 6) is 0.321. The molecule has 0 atom stereocenters. The third-order valence-electron chi connectivity index (χ3n) is 4.79. The van der Waals surface area contributed by atoms with Crippen molar-refractivity contribution in [2.45, 2.75) is 20.3 Å². The molecule has 1 heterocycles. The number of hydrogen-bond donors (Lipinski definition) is 2. The molecule has 4 rings (SSSR count). The van der Waals surface area contributed by atoms with Crippen LogP contribution in [0, 0.1) is 6.92 Å². The average molecular weight is 416 g/mol. The van der Waals surface area contributed by atoms with Gasteiger partial charge in [0, 0.05) is 16.8 Å². The van der Waals surface area contributed by atoms with Crippen LogP contribution in [0.1, 0.15) is 28.4 Å². The summed E-state index contributed by atoms with van der Waals surface area (Å²) in [5.41, 5.74) is 6.13. The fraction of sp³-hybridized carbons (Fsp3) is 0.125. The maximum atomic E-state index is 12.3. The van der Waals surface area contributed by atoms with Gasteiger partial charge in [-0.1, -0.05) is 30.7 Å². The molecule has 4 aromatic rings. The van der Waals surface area contributed by atoms with E-state index in [-0.39, 0.29) is 11.0 Å². The van der Waals surface area contributed by atoms with Gasteiger partial charge in [0.15, 0.2) is 10.7 Å². The number of aromatic nitrogens is 1. The van der Waals surface area contributed by atoms with Crippen LogP contribution >= 0.6 is 12.2 Å². The Morgan fingerprint density at radius 2 is 1.77 bits per heavy atom. The Morgan fingerprint density at radius 3 is 2.47 bits per heavy atom. The van der Waals surface area contributed by atoms with Gasteiger partial charge in [0.2, 0.25) is 5.89 Å². The molecule has 0 saturated heterocycles. The van der Waals surface area contributed by atoms with E-state index in [0.717, 1.165) is 34.3 Å². The average Bonchev–Trinajstić information content (AvgIpc) is 3.17. The summed E-state index contributed by atoms with van der Waals surface area (Å²) in [6.45, 7) is 4.09. The summed E-state index contributed by atoms with van der Waals surface area (Å²) < 4.78 is 5.87. The lowest BCUT2D eigenvalue weighted by atomic mass is 10.1. The SMILES string of the molecule is CCc1ccc2oc(-c3ccc(NC(=S)NC(=O)c4ccc(C)cc4)cc3)nc2c1. The maximum absolute atomic E-state index is 12.3. The van der Waals surface area contributed by atoms with E-state index in [0.29, 0.717) is 11.5 Å². The van der Waals surface area contributed by atoms with E-state index in [1.165, 1.54) is 5.56 Å². The molecule has 1 amide bonds. The summed E-state index contributed by atoms with van der Waals surface area (Å²) in [7, 11) is 0. The lowest BCUT2D eigenvalue weighted by molar-refractivity contribution is 0.0977. The zero-order valence-corrected chi connectivity index (χ0v) is 17.5. The second kappa shape index (κ2) is 8.47. The topological polar surface area (TPSA) is 67.2 Å². The number of carbonyl (C=O) groups is 1. The zero-order chi connectivity index (χ0) is 21.1. The summed E-state index contributed by atoms with van der Waals surface area (Å²) in [6, 6.07) is 20.9. The van der Waals surface area contributed by atoms with Crippen LogP contribution < -0.4 is 10.6 Å². The Hall–Kier alpha value is -3.51. The second-order valence-electron chi connectivity index (χ2n) is 7.03. The molecule has 0 aliphatic carbocycles. The minimum atomic E-state index is -0.248. The molecular formula is C24H21N3O2S. The van der Waals surface area contributed by atoms with Crippen molar-refractivity contribution in [3.8, 4) is 11.5 Å². The van der Waals surface area contributed by atoms with E-state index < -0.39 is 0 Å². The first-order chi connectivity index (χ1) is 14.5. The molecule has 2 N–H and O–H groups in total. The predicted octanol–water partition coefficient (Wildman–Crippen LogP) is 5.49. The number of nitrogens with one attached hydrogen (secondary N) is 2. The highest BCUT2D eigenvalue weighted by atomic mass is 32.1. The number of carbonyl (C=O) groups excluding carboxylic acids is 1. The summed E-state index contributed by atoms with van der Waals surface area (Å²) in [4.78, 5) is 16.9. The van der Waals surface area contributed by atoms with Crippen molar-refractivity contribution in [2.75, 3.05) is 5.32 Å². The number of fused-ring (bicyclic) bond motifs is 1. The normalized spacial score (nSPS) is 10.7. The quantitative estimate of drug-likeness (QED) is 0.431. The van der Waals surface area contributed by atoms with Gasteiger partial charge >= 0.3 is 0 Å². The van der Waals surface area contributed by atoms with Gasteiger partial charge in [-0.3, -0.25) is 10.1 Å². The smallest absolute Gasteiger partial charge is 0.257 e. The highest BCUT2D eigenvalue weighted by Crippen LogP contribution is 2.26. The lowest BCUT2D eigenvalue weighted by Gasteiger charge is -2.10. The highest BCUT2D eigenvalue weighted by Gasteiger charge is 2.10. The lowest BCUT2D eigenvalue weighted by Crippen LogP contribution is -2.34. The number of thiocarbonyl (C=S) groups is 1. The molecule has 6 heteroatoms. The van der Waals surface area contributed by atoms with Crippen molar-refractivity contribution in [3.05, 3.63) is 83.4 Å². The largest absolute Gasteiger partial charge is 0.436 e. The van der Waals surface area contributed by atoms with Gasteiger partial charge in [-0.15, -0.1) is 0 Å². The number of aryl methyl sites for hydroxylation is 2. The third-order valence-corrected chi connectivity index (χ3v) is 4.99. The van der Waals surface area contributed by atoms with Crippen LogP contribution in [-0.2, 0) is 6.42 Å². The molecule has 0 aliphatic rings. The first-order valence-corrected chi connectivity index (χ1v) is 10.1. The molecular weight excluding hydrogens is 394 g/mol. The van der Waals surface area contributed by atoms with Gasteiger partial charge in [-0.05, 0) is 79.7 Å². The van der Waals surface area contributed by atoms with Gasteiger partial charge in [-0.25, -0.2) is 4.98 Å². The van der Waals surface area contributed by atoms with Gasteiger partial charge in [0.25, 0.3) is 5.91 Å². The van der Waals surface area contributed by atoms with E-state index in [4.69, 9.17) is 16.6 Å². The molecule has 0 unspecified atom stereocenters. The van der Waals surface area contributed by atoms with Crippen LogP contribution in [0.4, 0.5) is 5.69 Å². The molecule has 0 radical (unpaired) electrons. The van der Waals surface area contributed by atoms with E-state index >= 15 is 0 Å². The number of hydrogen-bond acceptors (Lipinski definition) is 4. The van der Waals surface area contributed by atoms with Gasteiger partial charge in [-0.2, -0.15) is 0 Å². The number of oxazole rings is 1. The van der Waals surface area contributed by atoms with Crippen molar-refractivity contribution >= 4 is 40.0 Å². The monoisotopic (exact) mass is 415 g/mol. The van der Waals surface area contributed by atoms with E-state index in [2.05, 4.69) is 28.6 Å². The number of benzene rings is 3. The zero-order valence-electron chi connectivity index (χ0n) is 16.7. The van der Waals surface area contributed by atoms with Crippen molar-refractivity contribution in [1.82, 2.24) is 10.3 Å². The second-order valence-corrected chi connectivity index (χ2v) is 7.43. The number of rotatable bonds is 4. The van der Waals surface area contributed by atoms with E-state index in [9.17, 15) is 4.79 Å². The Labute approximate surface area is 180 Å². The molecule has 150 valence electrons. The molecule has 0 saturated carbocycles. The maximum Gasteiger partial charge on any atom is 0.257 e. The molecule has 30 heavy (non-hydrogen) atoms. The standard InChI is InChI=1S/C24H21N3O2S/c1-3-16-6-13-21-20(14-16)26-23(29-21)18-9-11-19(12-10-18)25-24(30)27-22(28)17-7-4-15(2)5-8-17/h4-14H,3H2,1-2H3,(H2,25,27,28,30). The van der Waals surface area contributed by atoms with Crippen molar-refractivity contribution in [3.63, 3.8) is 0 Å². The van der Waals surface area contributed by atoms with Crippen LogP contribution in [0.2, 0.25) is 0 Å². The van der Waals surface area contributed by atoms with Gasteiger partial charge < -0.3 is 9.73 Å². The predicted molar refractivity (Wildman–Crippen MR) is 124 cm³/mol. The fourth-order valence-electron chi connectivity index (χ4n) is 3.06. The van der Waals surface area contributed by atoms with E-state index in [1.54, 1.807) is 12.1 Å². The van der Waals surface area contributed by atoms with Crippen molar-refractivity contribution in [1.29, 1.82) is 0 Å². The molecule has 5 nitrogen and oxygen atoms in total. The number of anilines is 1. The first-order valence-electron chi connectivity index (χ1n) is 9.71. The summed E-state index contributed by atoms with van der Waals surface area (Å²) in [5, 5.41) is 5.95. The minimum Gasteiger partial charge on any atom is -0.436 e. The first kappa shape index (κ1) is 19.8. The van der Waals surface area contributed by atoms with Crippen LogP contribution in [0.5, 0.6) is 0 Å². The highest BCUT2D eigenvalue weighted by molar-refractivity contribution is 7.80. The molecule has 0 spiro atoms. The van der Waals surface area contributed by atoms with Crippen molar-refractivity contribution < 1.29 is 9.21 Å².